The minimum atomic E-state index is -0.151. The molecule has 21 heavy (non-hydrogen) atoms. The number of hydrogen-bond acceptors (Lipinski definition) is 4. The molecule has 2 amide bonds. The molecule has 1 aromatic carbocycles. The van der Waals surface area contributed by atoms with Gasteiger partial charge in [-0.05, 0) is 18.6 Å². The molecule has 0 bridgehead atoms. The highest BCUT2D eigenvalue weighted by Gasteiger charge is 2.32. The van der Waals surface area contributed by atoms with Crippen LogP contribution in [0.2, 0.25) is 0 Å². The van der Waals surface area contributed by atoms with Crippen molar-refractivity contribution in [2.45, 2.75) is 20.3 Å². The van der Waals surface area contributed by atoms with E-state index in [1.807, 2.05) is 37.3 Å². The van der Waals surface area contributed by atoms with Crippen molar-refractivity contribution >= 4 is 45.8 Å². The Hall–Kier alpha value is -1.66. The molecule has 0 aliphatic carbocycles. The highest BCUT2D eigenvalue weighted by atomic mass is 32.2. The average Bonchev–Trinajstić information content (AvgIpc) is 2.73. The van der Waals surface area contributed by atoms with Gasteiger partial charge in [0.2, 0.25) is 5.91 Å². The number of amides is 2. The fraction of sp³-hybridized carbons (Fsp3) is 0.267. The lowest BCUT2D eigenvalue weighted by molar-refractivity contribution is -0.122. The van der Waals surface area contributed by atoms with Crippen LogP contribution >= 0.6 is 24.0 Å². The van der Waals surface area contributed by atoms with E-state index in [1.165, 1.54) is 23.6 Å². The zero-order valence-corrected chi connectivity index (χ0v) is 13.5. The molecule has 0 spiro atoms. The average molecular weight is 320 g/mol. The zero-order valence-electron chi connectivity index (χ0n) is 11.9. The van der Waals surface area contributed by atoms with Gasteiger partial charge in [0.1, 0.15) is 4.32 Å². The Labute approximate surface area is 133 Å². The first-order valence-corrected chi connectivity index (χ1v) is 7.87. The molecule has 1 heterocycles. The molecule has 1 aromatic rings. The summed E-state index contributed by atoms with van der Waals surface area (Å²) in [6.45, 7) is 4.07. The second-order valence-electron chi connectivity index (χ2n) is 4.54. The molecule has 1 fully saturated rings. The Bertz CT molecular complexity index is 599. The Balaban J connectivity index is 2.30. The van der Waals surface area contributed by atoms with Crippen LogP contribution in [0, 0.1) is 0 Å². The number of rotatable bonds is 4. The first-order valence-electron chi connectivity index (χ1n) is 6.65. The molecule has 110 valence electrons. The minimum Gasteiger partial charge on any atom is -0.293 e. The van der Waals surface area contributed by atoms with Crippen molar-refractivity contribution in [1.82, 2.24) is 4.90 Å². The van der Waals surface area contributed by atoms with Crippen molar-refractivity contribution in [3.05, 3.63) is 41.4 Å². The summed E-state index contributed by atoms with van der Waals surface area (Å²) < 4.78 is 0.546. The van der Waals surface area contributed by atoms with Gasteiger partial charge >= 0.3 is 0 Å². The van der Waals surface area contributed by atoms with E-state index in [-0.39, 0.29) is 11.8 Å². The van der Waals surface area contributed by atoms with Crippen LogP contribution in [0.1, 0.15) is 20.3 Å². The maximum atomic E-state index is 12.3. The van der Waals surface area contributed by atoms with E-state index < -0.39 is 0 Å². The van der Waals surface area contributed by atoms with Crippen molar-refractivity contribution in [3.8, 4) is 0 Å². The number of nitrogens with zero attached hydrogens (tertiary/aromatic N) is 2. The summed E-state index contributed by atoms with van der Waals surface area (Å²) in [7, 11) is 0. The van der Waals surface area contributed by atoms with Gasteiger partial charge in [-0.15, -0.1) is 0 Å². The quantitative estimate of drug-likeness (QED) is 0.631. The van der Waals surface area contributed by atoms with Gasteiger partial charge < -0.3 is 0 Å². The third-order valence-corrected chi connectivity index (χ3v) is 4.31. The monoisotopic (exact) mass is 320 g/mol. The Morgan fingerprint density at radius 3 is 2.62 bits per heavy atom. The predicted octanol–water partition coefficient (Wildman–Crippen LogP) is 3.15. The van der Waals surface area contributed by atoms with E-state index in [2.05, 4.69) is 0 Å². The van der Waals surface area contributed by atoms with Gasteiger partial charge in [-0.3, -0.25) is 19.4 Å². The van der Waals surface area contributed by atoms with E-state index in [0.717, 1.165) is 12.1 Å². The summed E-state index contributed by atoms with van der Waals surface area (Å²) in [4.78, 5) is 27.7. The standard InChI is InChI=1S/C15H16N2O2S2/c1-3-9-16-14(19)13(21-15(16)20)10-17(11(2)18)12-7-5-4-6-8-12/h4-8,10H,3,9H2,1-2H3. The second kappa shape index (κ2) is 6.87. The normalized spacial score (nSPS) is 16.7. The number of thiocarbonyl (C=S) groups is 1. The highest BCUT2D eigenvalue weighted by molar-refractivity contribution is 8.26. The molecule has 1 saturated heterocycles. The van der Waals surface area contributed by atoms with Crippen LogP contribution in [0.25, 0.3) is 0 Å². The first-order chi connectivity index (χ1) is 10.0. The lowest BCUT2D eigenvalue weighted by atomic mass is 10.3. The summed E-state index contributed by atoms with van der Waals surface area (Å²) in [5, 5.41) is 0. The van der Waals surface area contributed by atoms with Crippen molar-refractivity contribution in [1.29, 1.82) is 0 Å². The number of carbonyl (C=O) groups is 2. The van der Waals surface area contributed by atoms with Gasteiger partial charge in [0.15, 0.2) is 0 Å². The molecule has 0 N–H and O–H groups in total. The second-order valence-corrected chi connectivity index (χ2v) is 6.22. The molecule has 0 saturated carbocycles. The molecular formula is C15H16N2O2S2. The Kier molecular flexibility index (Phi) is 5.14. The lowest BCUT2D eigenvalue weighted by Crippen LogP contribution is -2.29. The van der Waals surface area contributed by atoms with E-state index in [0.29, 0.717) is 15.8 Å². The fourth-order valence-corrected chi connectivity index (χ4v) is 3.23. The first kappa shape index (κ1) is 15.7. The maximum Gasteiger partial charge on any atom is 0.267 e. The number of carbonyl (C=O) groups excluding carboxylic acids is 2. The summed E-state index contributed by atoms with van der Waals surface area (Å²) in [5.41, 5.74) is 0.728. The molecule has 0 aromatic heterocycles. The summed E-state index contributed by atoms with van der Waals surface area (Å²) >= 11 is 6.46. The molecule has 2 rings (SSSR count). The van der Waals surface area contributed by atoms with Gasteiger partial charge in [-0.2, -0.15) is 0 Å². The summed E-state index contributed by atoms with van der Waals surface area (Å²) in [6.07, 6.45) is 2.42. The molecule has 0 atom stereocenters. The van der Waals surface area contributed by atoms with E-state index >= 15 is 0 Å². The maximum absolute atomic E-state index is 12.3. The number of hydrogen-bond donors (Lipinski definition) is 0. The van der Waals surface area contributed by atoms with Crippen molar-refractivity contribution in [3.63, 3.8) is 0 Å². The van der Waals surface area contributed by atoms with Gasteiger partial charge in [-0.1, -0.05) is 49.1 Å². The van der Waals surface area contributed by atoms with E-state index in [4.69, 9.17) is 12.2 Å². The predicted molar refractivity (Wildman–Crippen MR) is 89.9 cm³/mol. The van der Waals surface area contributed by atoms with Crippen LogP contribution in [0.4, 0.5) is 5.69 Å². The minimum absolute atomic E-state index is 0.131. The molecule has 0 unspecified atom stereocenters. The van der Waals surface area contributed by atoms with Gasteiger partial charge in [0.25, 0.3) is 5.91 Å². The van der Waals surface area contributed by atoms with E-state index in [9.17, 15) is 9.59 Å². The number of anilines is 1. The van der Waals surface area contributed by atoms with Crippen LogP contribution in [-0.4, -0.2) is 27.6 Å². The van der Waals surface area contributed by atoms with Crippen LogP contribution < -0.4 is 4.90 Å². The number of benzene rings is 1. The Morgan fingerprint density at radius 2 is 2.05 bits per heavy atom. The topological polar surface area (TPSA) is 40.6 Å². The third kappa shape index (κ3) is 3.51. The SMILES string of the molecule is CCCN1C(=O)C(=CN(C(C)=O)c2ccccc2)SC1=S. The Morgan fingerprint density at radius 1 is 1.38 bits per heavy atom. The van der Waals surface area contributed by atoms with Crippen LogP contribution in [0.5, 0.6) is 0 Å². The van der Waals surface area contributed by atoms with Crippen molar-refractivity contribution in [2.75, 3.05) is 11.4 Å². The molecule has 4 nitrogen and oxygen atoms in total. The lowest BCUT2D eigenvalue weighted by Gasteiger charge is -2.17. The fourth-order valence-electron chi connectivity index (χ4n) is 1.96. The number of para-hydroxylation sites is 1. The van der Waals surface area contributed by atoms with Crippen molar-refractivity contribution < 1.29 is 9.59 Å². The van der Waals surface area contributed by atoms with Gasteiger partial charge in [-0.25, -0.2) is 0 Å². The highest BCUT2D eigenvalue weighted by Crippen LogP contribution is 2.32. The van der Waals surface area contributed by atoms with E-state index in [1.54, 1.807) is 11.1 Å². The van der Waals surface area contributed by atoms with Crippen LogP contribution in [0.15, 0.2) is 41.4 Å². The smallest absolute Gasteiger partial charge is 0.267 e. The molecule has 1 aliphatic heterocycles. The largest absolute Gasteiger partial charge is 0.293 e. The third-order valence-electron chi connectivity index (χ3n) is 2.94. The van der Waals surface area contributed by atoms with Crippen LogP contribution in [-0.2, 0) is 9.59 Å². The number of thioether (sulfide) groups is 1. The molecule has 0 radical (unpaired) electrons. The van der Waals surface area contributed by atoms with Gasteiger partial charge in [0.05, 0.1) is 4.91 Å². The van der Waals surface area contributed by atoms with Crippen molar-refractivity contribution in [2.24, 2.45) is 0 Å². The molecular weight excluding hydrogens is 304 g/mol. The summed E-state index contributed by atoms with van der Waals surface area (Å²) in [6, 6.07) is 9.22. The van der Waals surface area contributed by atoms with Crippen LogP contribution in [0.3, 0.4) is 0 Å². The zero-order chi connectivity index (χ0) is 15.4. The molecule has 6 heteroatoms. The summed E-state index contributed by atoms with van der Waals surface area (Å²) in [5.74, 6) is -0.281. The molecule has 1 aliphatic rings. The van der Waals surface area contributed by atoms with Gasteiger partial charge in [0, 0.05) is 25.4 Å².